The fourth-order valence-electron chi connectivity index (χ4n) is 4.72. The SMILES string of the molecule is OC[C@H]1OC(c2cc(Cc3ccc(C4CC4)cc3)c(Cl)c3c2CCO3)C[C@@H](O)C1P. The Labute approximate surface area is 184 Å². The maximum absolute atomic E-state index is 10.5. The number of aliphatic hydroxyl groups excluding tert-OH is 2. The molecule has 2 aliphatic heterocycles. The predicted molar refractivity (Wildman–Crippen MR) is 121 cm³/mol. The van der Waals surface area contributed by atoms with Gasteiger partial charge in [0.05, 0.1) is 36.5 Å². The number of hydrogen-bond acceptors (Lipinski definition) is 4. The molecular formula is C24H28ClO4P. The Morgan fingerprint density at radius 3 is 2.63 bits per heavy atom. The Balaban J connectivity index is 1.47. The Morgan fingerprint density at radius 1 is 1.17 bits per heavy atom. The van der Waals surface area contributed by atoms with Gasteiger partial charge in [-0.1, -0.05) is 41.9 Å². The highest BCUT2D eigenvalue weighted by Crippen LogP contribution is 2.45. The molecule has 6 heteroatoms. The van der Waals surface area contributed by atoms with Gasteiger partial charge in [-0.2, -0.15) is 0 Å². The molecule has 0 radical (unpaired) electrons. The zero-order chi connectivity index (χ0) is 20.8. The lowest BCUT2D eigenvalue weighted by molar-refractivity contribution is -0.109. The van der Waals surface area contributed by atoms with Crippen molar-refractivity contribution in [1.29, 1.82) is 0 Å². The van der Waals surface area contributed by atoms with Gasteiger partial charge in [-0.15, -0.1) is 9.24 Å². The number of halogens is 1. The number of fused-ring (bicyclic) bond motifs is 1. The van der Waals surface area contributed by atoms with Gasteiger partial charge in [0.15, 0.2) is 0 Å². The van der Waals surface area contributed by atoms with E-state index < -0.39 is 12.2 Å². The minimum atomic E-state index is -0.544. The second-order valence-corrected chi connectivity index (χ2v) is 9.91. The van der Waals surface area contributed by atoms with Crippen LogP contribution in [-0.2, 0) is 17.6 Å². The average molecular weight is 447 g/mol. The Bertz CT molecular complexity index is 928. The summed E-state index contributed by atoms with van der Waals surface area (Å²) in [4.78, 5) is 0. The van der Waals surface area contributed by atoms with Crippen molar-refractivity contribution in [1.82, 2.24) is 0 Å². The zero-order valence-corrected chi connectivity index (χ0v) is 18.8. The minimum absolute atomic E-state index is 0.117. The smallest absolute Gasteiger partial charge is 0.141 e. The van der Waals surface area contributed by atoms with Crippen molar-refractivity contribution in [3.63, 3.8) is 0 Å². The molecule has 1 saturated carbocycles. The molecule has 2 aromatic carbocycles. The van der Waals surface area contributed by atoms with Crippen LogP contribution in [0.5, 0.6) is 5.75 Å². The molecule has 3 aliphatic rings. The van der Waals surface area contributed by atoms with Gasteiger partial charge in [-0.3, -0.25) is 0 Å². The second kappa shape index (κ2) is 8.41. The molecule has 1 aliphatic carbocycles. The molecule has 30 heavy (non-hydrogen) atoms. The molecule has 160 valence electrons. The highest BCUT2D eigenvalue weighted by atomic mass is 35.5. The lowest BCUT2D eigenvalue weighted by atomic mass is 9.89. The van der Waals surface area contributed by atoms with Crippen molar-refractivity contribution >= 4 is 20.8 Å². The molecule has 0 spiro atoms. The van der Waals surface area contributed by atoms with E-state index in [1.165, 1.54) is 24.0 Å². The largest absolute Gasteiger partial charge is 0.491 e. The van der Waals surface area contributed by atoms with E-state index in [0.29, 0.717) is 18.1 Å². The summed E-state index contributed by atoms with van der Waals surface area (Å²) in [5.41, 5.74) is 5.59. The molecule has 2 N–H and O–H groups in total. The van der Waals surface area contributed by atoms with Crippen LogP contribution in [0.1, 0.15) is 59.1 Å². The first kappa shape index (κ1) is 20.7. The molecule has 1 saturated heterocycles. The summed E-state index contributed by atoms with van der Waals surface area (Å²) in [5, 5.41) is 20.9. The predicted octanol–water partition coefficient (Wildman–Crippen LogP) is 4.17. The van der Waals surface area contributed by atoms with Crippen LogP contribution in [0.15, 0.2) is 30.3 Å². The maximum atomic E-state index is 10.5. The quantitative estimate of drug-likeness (QED) is 0.677. The number of hydrogen-bond donors (Lipinski definition) is 2. The van der Waals surface area contributed by atoms with Crippen LogP contribution < -0.4 is 4.74 Å². The Morgan fingerprint density at radius 2 is 1.93 bits per heavy atom. The maximum Gasteiger partial charge on any atom is 0.141 e. The first-order chi connectivity index (χ1) is 14.5. The van der Waals surface area contributed by atoms with Crippen LogP contribution in [0.2, 0.25) is 5.02 Å². The standard InChI is InChI=1S/C24H28ClO4P/c25-22-16(9-13-1-3-14(4-2-13)15-5-6-15)10-18(17-7-8-28-23(17)22)20-11-19(27)24(30)21(12-26)29-20/h1-4,10,15,19-21,24,26-27H,5-9,11-12,30H2/t19-,20?,21-,24?/m1/s1. The van der Waals surface area contributed by atoms with Crippen molar-refractivity contribution < 1.29 is 19.7 Å². The molecule has 2 aromatic rings. The van der Waals surface area contributed by atoms with E-state index in [1.807, 2.05) is 0 Å². The summed E-state index contributed by atoms with van der Waals surface area (Å²) in [5.74, 6) is 1.50. The van der Waals surface area contributed by atoms with E-state index in [2.05, 4.69) is 39.6 Å². The molecule has 0 bridgehead atoms. The van der Waals surface area contributed by atoms with Crippen molar-refractivity contribution in [3.05, 3.63) is 63.2 Å². The van der Waals surface area contributed by atoms with Crippen molar-refractivity contribution in [2.75, 3.05) is 13.2 Å². The molecule has 0 aromatic heterocycles. The molecule has 5 atom stereocenters. The number of aliphatic hydroxyl groups is 2. The van der Waals surface area contributed by atoms with Crippen LogP contribution in [0.25, 0.3) is 0 Å². The molecule has 2 heterocycles. The van der Waals surface area contributed by atoms with Gasteiger partial charge in [0.1, 0.15) is 5.75 Å². The molecule has 4 nitrogen and oxygen atoms in total. The van der Waals surface area contributed by atoms with E-state index in [0.717, 1.165) is 41.2 Å². The van der Waals surface area contributed by atoms with Gasteiger partial charge < -0.3 is 19.7 Å². The van der Waals surface area contributed by atoms with Gasteiger partial charge in [-0.05, 0) is 47.4 Å². The molecule has 3 unspecified atom stereocenters. The van der Waals surface area contributed by atoms with Gasteiger partial charge >= 0.3 is 0 Å². The molecular weight excluding hydrogens is 419 g/mol. The van der Waals surface area contributed by atoms with Crippen molar-refractivity contribution in [2.24, 2.45) is 0 Å². The van der Waals surface area contributed by atoms with E-state index >= 15 is 0 Å². The normalized spacial score (nSPS) is 28.3. The van der Waals surface area contributed by atoms with Gasteiger partial charge in [-0.25, -0.2) is 0 Å². The van der Waals surface area contributed by atoms with Crippen LogP contribution in [-0.4, -0.2) is 41.3 Å². The summed E-state index contributed by atoms with van der Waals surface area (Å²) in [6.07, 6.45) is 3.37. The minimum Gasteiger partial charge on any atom is -0.491 e. The van der Waals surface area contributed by atoms with E-state index in [9.17, 15) is 10.2 Å². The summed E-state index contributed by atoms with van der Waals surface area (Å²) in [6, 6.07) is 11.0. The van der Waals surface area contributed by atoms with Crippen LogP contribution in [0.4, 0.5) is 0 Å². The van der Waals surface area contributed by atoms with E-state index in [1.54, 1.807) is 0 Å². The number of rotatable bonds is 5. The lowest BCUT2D eigenvalue weighted by Gasteiger charge is -2.38. The van der Waals surface area contributed by atoms with Gasteiger partial charge in [0.25, 0.3) is 0 Å². The van der Waals surface area contributed by atoms with Gasteiger partial charge in [0.2, 0.25) is 0 Å². The average Bonchev–Trinajstić information content (AvgIpc) is 3.48. The molecule has 0 amide bonds. The summed E-state index contributed by atoms with van der Waals surface area (Å²) >= 11 is 6.76. The number of ether oxygens (including phenoxy) is 2. The van der Waals surface area contributed by atoms with Crippen LogP contribution >= 0.6 is 20.8 Å². The fourth-order valence-corrected chi connectivity index (χ4v) is 5.38. The summed E-state index contributed by atoms with van der Waals surface area (Å²) < 4.78 is 12.1. The van der Waals surface area contributed by atoms with Crippen LogP contribution in [0.3, 0.4) is 0 Å². The van der Waals surface area contributed by atoms with Gasteiger partial charge in [0, 0.05) is 24.1 Å². The fraction of sp³-hybridized carbons (Fsp3) is 0.500. The first-order valence-electron chi connectivity index (χ1n) is 10.8. The van der Waals surface area contributed by atoms with Crippen molar-refractivity contribution in [3.8, 4) is 5.75 Å². The highest BCUT2D eigenvalue weighted by molar-refractivity contribution is 7.17. The molecule has 2 fully saturated rings. The zero-order valence-electron chi connectivity index (χ0n) is 16.9. The number of benzene rings is 2. The summed E-state index contributed by atoms with van der Waals surface area (Å²) in [7, 11) is 2.60. The van der Waals surface area contributed by atoms with Crippen molar-refractivity contribution in [2.45, 2.75) is 62.0 Å². The molecule has 5 rings (SSSR count). The summed E-state index contributed by atoms with van der Waals surface area (Å²) in [6.45, 7) is 0.487. The Kier molecular flexibility index (Phi) is 5.81. The lowest BCUT2D eigenvalue weighted by Crippen LogP contribution is -2.44. The second-order valence-electron chi connectivity index (χ2n) is 8.76. The monoisotopic (exact) mass is 446 g/mol. The third kappa shape index (κ3) is 3.89. The third-order valence-electron chi connectivity index (χ3n) is 6.65. The van der Waals surface area contributed by atoms with E-state index in [4.69, 9.17) is 21.1 Å². The first-order valence-corrected chi connectivity index (χ1v) is 11.9. The third-order valence-corrected chi connectivity index (χ3v) is 7.94. The Hall–Kier alpha value is -1.16. The van der Waals surface area contributed by atoms with Crippen LogP contribution in [0, 0.1) is 0 Å². The highest BCUT2D eigenvalue weighted by Gasteiger charge is 2.38. The topological polar surface area (TPSA) is 58.9 Å². The van der Waals surface area contributed by atoms with E-state index in [-0.39, 0.29) is 18.4 Å².